The van der Waals surface area contributed by atoms with Crippen molar-refractivity contribution in [1.29, 1.82) is 0 Å². The van der Waals surface area contributed by atoms with E-state index in [0.717, 1.165) is 46.4 Å². The quantitative estimate of drug-likeness (QED) is 0.399. The summed E-state index contributed by atoms with van der Waals surface area (Å²) in [5, 5.41) is 24.7. The first-order valence-corrected chi connectivity index (χ1v) is 10.6. The summed E-state index contributed by atoms with van der Waals surface area (Å²) < 4.78 is 2.18. The number of aryl methyl sites for hydroxylation is 2. The number of anilines is 1. The number of rotatable bonds is 6. The lowest BCUT2D eigenvalue weighted by atomic mass is 10.0. The van der Waals surface area contributed by atoms with E-state index in [1.807, 2.05) is 31.2 Å². The molecular formula is C23H22ClN5O2. The molecule has 1 unspecified atom stereocenters. The first kappa shape index (κ1) is 19.8. The Bertz CT molecular complexity index is 1290. The van der Waals surface area contributed by atoms with Gasteiger partial charge in [-0.1, -0.05) is 17.7 Å². The lowest BCUT2D eigenvalue weighted by molar-refractivity contribution is 0.281. The Labute approximate surface area is 184 Å². The van der Waals surface area contributed by atoms with Gasteiger partial charge in [0.1, 0.15) is 10.9 Å². The van der Waals surface area contributed by atoms with Crippen LogP contribution in [0.3, 0.4) is 0 Å². The highest BCUT2D eigenvalue weighted by molar-refractivity contribution is 6.30. The van der Waals surface area contributed by atoms with Gasteiger partial charge in [0, 0.05) is 42.4 Å². The number of pyridine rings is 1. The van der Waals surface area contributed by atoms with Gasteiger partial charge in [0.05, 0.1) is 23.5 Å². The molecule has 158 valence electrons. The van der Waals surface area contributed by atoms with E-state index >= 15 is 0 Å². The van der Waals surface area contributed by atoms with E-state index in [1.165, 1.54) is 5.56 Å². The van der Waals surface area contributed by atoms with Crippen molar-refractivity contribution in [1.82, 2.24) is 19.5 Å². The molecule has 0 radical (unpaired) electrons. The molecule has 1 aliphatic rings. The molecule has 0 fully saturated rings. The Morgan fingerprint density at radius 2 is 2.10 bits per heavy atom. The Kier molecular flexibility index (Phi) is 5.00. The largest absolute Gasteiger partial charge is 0.505 e. The van der Waals surface area contributed by atoms with Crippen LogP contribution in [-0.4, -0.2) is 42.4 Å². The van der Waals surface area contributed by atoms with Gasteiger partial charge in [0.2, 0.25) is 5.95 Å². The molecule has 1 aliphatic heterocycles. The normalized spacial score (nSPS) is 13.6. The maximum atomic E-state index is 11.1. The van der Waals surface area contributed by atoms with Gasteiger partial charge in [-0.25, -0.2) is 15.0 Å². The van der Waals surface area contributed by atoms with Crippen molar-refractivity contribution in [2.45, 2.75) is 32.4 Å². The molecule has 1 aromatic carbocycles. The van der Waals surface area contributed by atoms with Gasteiger partial charge in [-0.2, -0.15) is 0 Å². The van der Waals surface area contributed by atoms with Gasteiger partial charge < -0.3 is 20.1 Å². The fourth-order valence-corrected chi connectivity index (χ4v) is 4.38. The molecule has 4 aromatic rings. The number of nitrogens with zero attached hydrogens (tertiary/aromatic N) is 4. The topological polar surface area (TPSA) is 96.1 Å². The summed E-state index contributed by atoms with van der Waals surface area (Å²) in [6.45, 7) is 2.67. The van der Waals surface area contributed by atoms with E-state index in [1.54, 1.807) is 12.4 Å². The molecule has 31 heavy (non-hydrogen) atoms. The summed E-state index contributed by atoms with van der Waals surface area (Å²) in [5.41, 5.74) is 5.67. The minimum absolute atomic E-state index is 0.00515. The van der Waals surface area contributed by atoms with Crippen molar-refractivity contribution in [2.24, 2.45) is 0 Å². The second-order valence-electron chi connectivity index (χ2n) is 7.85. The highest BCUT2D eigenvalue weighted by Gasteiger charge is 2.25. The molecule has 7 nitrogen and oxygen atoms in total. The summed E-state index contributed by atoms with van der Waals surface area (Å²) in [6, 6.07) is 9.61. The van der Waals surface area contributed by atoms with Crippen LogP contribution >= 0.6 is 11.6 Å². The predicted molar refractivity (Wildman–Crippen MR) is 121 cm³/mol. The molecule has 0 spiro atoms. The average Bonchev–Trinajstić information content (AvgIpc) is 3.32. The second-order valence-corrected chi connectivity index (χ2v) is 8.21. The van der Waals surface area contributed by atoms with E-state index < -0.39 is 0 Å². The van der Waals surface area contributed by atoms with Crippen LogP contribution in [0.15, 0.2) is 42.7 Å². The Balaban J connectivity index is 1.58. The molecule has 0 aliphatic carbocycles. The number of halogens is 1. The Morgan fingerprint density at radius 1 is 1.23 bits per heavy atom. The van der Waals surface area contributed by atoms with Crippen LogP contribution in [0.5, 0.6) is 5.75 Å². The van der Waals surface area contributed by atoms with Crippen LogP contribution in [-0.2, 0) is 19.4 Å². The zero-order chi connectivity index (χ0) is 21.5. The second kappa shape index (κ2) is 7.83. The van der Waals surface area contributed by atoms with Crippen molar-refractivity contribution >= 4 is 28.5 Å². The molecule has 0 amide bonds. The minimum atomic E-state index is -0.143. The van der Waals surface area contributed by atoms with Gasteiger partial charge in [-0.05, 0) is 48.7 Å². The molecule has 3 aromatic heterocycles. The van der Waals surface area contributed by atoms with Crippen LogP contribution in [0.25, 0.3) is 22.2 Å². The molecule has 0 saturated carbocycles. The van der Waals surface area contributed by atoms with Gasteiger partial charge in [0.15, 0.2) is 0 Å². The van der Waals surface area contributed by atoms with Crippen LogP contribution < -0.4 is 5.32 Å². The summed E-state index contributed by atoms with van der Waals surface area (Å²) in [7, 11) is 0. The van der Waals surface area contributed by atoms with Gasteiger partial charge >= 0.3 is 0 Å². The van der Waals surface area contributed by atoms with E-state index in [4.69, 9.17) is 11.6 Å². The SMILES string of the molecule is CC(CO)Nc1nccc(-c2cc3c4c(c2)c(O)c(Cc2cccnc2Cl)n4CC3)n1. The fourth-order valence-electron chi connectivity index (χ4n) is 4.20. The van der Waals surface area contributed by atoms with Gasteiger partial charge in [-0.15, -0.1) is 0 Å². The molecule has 1 atom stereocenters. The zero-order valence-corrected chi connectivity index (χ0v) is 17.8. The lowest BCUT2D eigenvalue weighted by Gasteiger charge is -2.11. The molecule has 3 N–H and O–H groups in total. The van der Waals surface area contributed by atoms with Crippen molar-refractivity contribution in [3.63, 3.8) is 0 Å². The third kappa shape index (κ3) is 3.49. The predicted octanol–water partition coefficient (Wildman–Crippen LogP) is 3.79. The standard InChI is InChI=1S/C23H22ClN5O2/c1-13(12-30)27-23-26-7-4-18(28-23)16-9-14-5-8-29-19(21(31)17(10-16)20(14)29)11-15-3-2-6-25-22(15)24/h2-4,6-7,9-10,13,30-31H,5,8,11-12H2,1H3,(H,26,27,28). The third-order valence-corrected chi connectivity index (χ3v) is 6.05. The van der Waals surface area contributed by atoms with E-state index in [9.17, 15) is 10.2 Å². The zero-order valence-electron chi connectivity index (χ0n) is 17.0. The molecule has 5 rings (SSSR count). The highest BCUT2D eigenvalue weighted by Crippen LogP contribution is 2.41. The number of aromatic nitrogens is 4. The molecule has 4 heterocycles. The summed E-state index contributed by atoms with van der Waals surface area (Å²) in [5.74, 6) is 0.739. The van der Waals surface area contributed by atoms with Crippen molar-refractivity contribution < 1.29 is 10.2 Å². The van der Waals surface area contributed by atoms with Crippen LogP contribution in [0, 0.1) is 0 Å². The number of hydrogen-bond donors (Lipinski definition) is 3. The number of aliphatic hydroxyl groups excluding tert-OH is 1. The average molecular weight is 436 g/mol. The number of aliphatic hydroxyl groups is 1. The third-order valence-electron chi connectivity index (χ3n) is 5.71. The number of hydrogen-bond acceptors (Lipinski definition) is 6. The van der Waals surface area contributed by atoms with E-state index in [-0.39, 0.29) is 18.4 Å². The number of benzene rings is 1. The first-order chi connectivity index (χ1) is 15.0. The summed E-state index contributed by atoms with van der Waals surface area (Å²) in [6.07, 6.45) is 4.77. The first-order valence-electron chi connectivity index (χ1n) is 10.2. The monoisotopic (exact) mass is 435 g/mol. The minimum Gasteiger partial charge on any atom is -0.505 e. The van der Waals surface area contributed by atoms with E-state index in [0.29, 0.717) is 17.5 Å². The van der Waals surface area contributed by atoms with Crippen LogP contribution in [0.2, 0.25) is 5.15 Å². The van der Waals surface area contributed by atoms with Crippen LogP contribution in [0.4, 0.5) is 5.95 Å². The number of aromatic hydroxyl groups is 1. The summed E-state index contributed by atoms with van der Waals surface area (Å²) in [4.78, 5) is 13.0. The van der Waals surface area contributed by atoms with Crippen molar-refractivity contribution in [3.05, 3.63) is 64.7 Å². The molecular weight excluding hydrogens is 414 g/mol. The van der Waals surface area contributed by atoms with Gasteiger partial charge in [0.25, 0.3) is 0 Å². The van der Waals surface area contributed by atoms with Gasteiger partial charge in [-0.3, -0.25) is 0 Å². The maximum Gasteiger partial charge on any atom is 0.223 e. The Morgan fingerprint density at radius 3 is 2.90 bits per heavy atom. The smallest absolute Gasteiger partial charge is 0.223 e. The Hall–Kier alpha value is -3.16. The van der Waals surface area contributed by atoms with Crippen molar-refractivity contribution in [3.8, 4) is 17.0 Å². The molecule has 0 saturated heterocycles. The lowest BCUT2D eigenvalue weighted by Crippen LogP contribution is -2.20. The van der Waals surface area contributed by atoms with Crippen LogP contribution in [0.1, 0.15) is 23.7 Å². The summed E-state index contributed by atoms with van der Waals surface area (Å²) >= 11 is 6.26. The maximum absolute atomic E-state index is 11.1. The van der Waals surface area contributed by atoms with Crippen molar-refractivity contribution in [2.75, 3.05) is 11.9 Å². The highest BCUT2D eigenvalue weighted by atomic mass is 35.5. The van der Waals surface area contributed by atoms with E-state index in [2.05, 4.69) is 30.9 Å². The number of nitrogens with one attached hydrogen (secondary N) is 1. The fraction of sp³-hybridized carbons (Fsp3) is 0.261. The molecule has 0 bridgehead atoms. The molecule has 8 heteroatoms.